The van der Waals surface area contributed by atoms with Crippen LogP contribution >= 0.6 is 27.7 Å². The molecular weight excluding hydrogens is 452 g/mol. The lowest BCUT2D eigenvalue weighted by Gasteiger charge is -2.12. The van der Waals surface area contributed by atoms with E-state index in [9.17, 15) is 9.59 Å². The Labute approximate surface area is 179 Å². The van der Waals surface area contributed by atoms with Crippen LogP contribution in [0.1, 0.15) is 24.6 Å². The molecule has 0 radical (unpaired) electrons. The van der Waals surface area contributed by atoms with Crippen LogP contribution in [0, 0.1) is 6.92 Å². The van der Waals surface area contributed by atoms with Crippen LogP contribution < -0.4 is 11.1 Å². The van der Waals surface area contributed by atoms with Gasteiger partial charge in [-0.1, -0.05) is 40.7 Å². The van der Waals surface area contributed by atoms with E-state index in [2.05, 4.69) is 20.9 Å². The summed E-state index contributed by atoms with van der Waals surface area (Å²) in [5, 5.41) is 1.23. The van der Waals surface area contributed by atoms with Crippen molar-refractivity contribution in [1.29, 1.82) is 0 Å². The first-order valence-electron chi connectivity index (χ1n) is 9.28. The normalized spacial score (nSPS) is 11.4. The number of aryl methyl sites for hydroxylation is 1. The molecule has 29 heavy (non-hydrogen) atoms. The molecule has 0 N–H and O–H groups in total. The number of halogens is 1. The Balaban J connectivity index is 1.72. The SMILES string of the molecule is CCCn1c(SCc2cc(=O)n3cc(C)ccc3n2)nc2ccc(Br)cc2c1=O. The molecule has 0 fully saturated rings. The van der Waals surface area contributed by atoms with Gasteiger partial charge in [-0.05, 0) is 43.2 Å². The van der Waals surface area contributed by atoms with Gasteiger partial charge in [0.15, 0.2) is 5.16 Å². The van der Waals surface area contributed by atoms with Crippen LogP contribution in [0.15, 0.2) is 61.8 Å². The number of fused-ring (bicyclic) bond motifs is 2. The molecule has 0 saturated carbocycles. The van der Waals surface area contributed by atoms with Gasteiger partial charge in [-0.25, -0.2) is 9.97 Å². The number of pyridine rings is 1. The van der Waals surface area contributed by atoms with Crippen molar-refractivity contribution in [2.24, 2.45) is 0 Å². The Morgan fingerprint density at radius 3 is 2.72 bits per heavy atom. The zero-order chi connectivity index (χ0) is 20.5. The summed E-state index contributed by atoms with van der Waals surface area (Å²) in [5.74, 6) is 0.456. The number of hydrogen-bond donors (Lipinski definition) is 0. The van der Waals surface area contributed by atoms with Crippen LogP contribution in [0.25, 0.3) is 16.6 Å². The third kappa shape index (κ3) is 4.00. The van der Waals surface area contributed by atoms with E-state index in [0.717, 1.165) is 16.5 Å². The van der Waals surface area contributed by atoms with Gasteiger partial charge in [0.2, 0.25) is 0 Å². The van der Waals surface area contributed by atoms with Crippen molar-refractivity contribution in [1.82, 2.24) is 18.9 Å². The highest BCUT2D eigenvalue weighted by atomic mass is 79.9. The highest BCUT2D eigenvalue weighted by molar-refractivity contribution is 9.10. The summed E-state index contributed by atoms with van der Waals surface area (Å²) in [6.45, 7) is 4.55. The smallest absolute Gasteiger partial charge is 0.262 e. The monoisotopic (exact) mass is 470 g/mol. The van der Waals surface area contributed by atoms with E-state index in [0.29, 0.717) is 39.7 Å². The van der Waals surface area contributed by atoms with Gasteiger partial charge in [0.1, 0.15) is 5.65 Å². The standard InChI is InChI=1S/C21H19BrN4O2S/c1-3-8-25-20(28)16-9-14(22)5-6-17(16)24-21(25)29-12-15-10-19(27)26-11-13(2)4-7-18(26)23-15/h4-7,9-11H,3,8,12H2,1-2H3. The summed E-state index contributed by atoms with van der Waals surface area (Å²) in [6.07, 6.45) is 2.60. The molecule has 0 bridgehead atoms. The van der Waals surface area contributed by atoms with Gasteiger partial charge < -0.3 is 0 Å². The van der Waals surface area contributed by atoms with Crippen molar-refractivity contribution >= 4 is 44.2 Å². The van der Waals surface area contributed by atoms with E-state index in [1.165, 1.54) is 11.8 Å². The molecule has 0 aliphatic heterocycles. The zero-order valence-corrected chi connectivity index (χ0v) is 18.5. The molecule has 0 aliphatic carbocycles. The summed E-state index contributed by atoms with van der Waals surface area (Å²) in [4.78, 5) is 34.7. The average Bonchev–Trinajstić information content (AvgIpc) is 2.70. The average molecular weight is 471 g/mol. The summed E-state index contributed by atoms with van der Waals surface area (Å²) >= 11 is 4.84. The van der Waals surface area contributed by atoms with Crippen LogP contribution in [-0.2, 0) is 12.3 Å². The molecule has 6 nitrogen and oxygen atoms in total. The fourth-order valence-electron chi connectivity index (χ4n) is 3.17. The largest absolute Gasteiger partial charge is 0.287 e. The van der Waals surface area contributed by atoms with Crippen LogP contribution in [0.2, 0.25) is 0 Å². The minimum Gasteiger partial charge on any atom is -0.287 e. The molecule has 4 aromatic rings. The highest BCUT2D eigenvalue weighted by Gasteiger charge is 2.13. The maximum atomic E-state index is 13.0. The second-order valence-corrected chi connectivity index (χ2v) is 8.68. The predicted octanol–water partition coefficient (Wildman–Crippen LogP) is 4.18. The molecule has 0 atom stereocenters. The van der Waals surface area contributed by atoms with Crippen LogP contribution in [0.4, 0.5) is 0 Å². The molecule has 0 amide bonds. The molecule has 0 aliphatic rings. The van der Waals surface area contributed by atoms with E-state index in [1.807, 2.05) is 38.1 Å². The Morgan fingerprint density at radius 2 is 1.93 bits per heavy atom. The number of benzene rings is 1. The number of hydrogen-bond acceptors (Lipinski definition) is 5. The quantitative estimate of drug-likeness (QED) is 0.323. The Morgan fingerprint density at radius 1 is 1.10 bits per heavy atom. The van der Waals surface area contributed by atoms with Crippen LogP contribution in [0.5, 0.6) is 0 Å². The number of thioether (sulfide) groups is 1. The van der Waals surface area contributed by atoms with Crippen molar-refractivity contribution in [3.63, 3.8) is 0 Å². The third-order valence-corrected chi connectivity index (χ3v) is 6.04. The highest BCUT2D eigenvalue weighted by Crippen LogP contribution is 2.23. The predicted molar refractivity (Wildman–Crippen MR) is 120 cm³/mol. The van der Waals surface area contributed by atoms with Gasteiger partial charge in [0, 0.05) is 29.0 Å². The lowest BCUT2D eigenvalue weighted by Crippen LogP contribution is -2.23. The fraction of sp³-hybridized carbons (Fsp3) is 0.238. The number of nitrogens with zero attached hydrogens (tertiary/aromatic N) is 4. The molecule has 0 saturated heterocycles. The van der Waals surface area contributed by atoms with Crippen molar-refractivity contribution < 1.29 is 0 Å². The van der Waals surface area contributed by atoms with E-state index in [-0.39, 0.29) is 11.1 Å². The van der Waals surface area contributed by atoms with Crippen molar-refractivity contribution in [2.45, 2.75) is 37.7 Å². The molecule has 0 unspecified atom stereocenters. The molecule has 3 heterocycles. The third-order valence-electron chi connectivity index (χ3n) is 4.54. The van der Waals surface area contributed by atoms with Gasteiger partial charge in [-0.3, -0.25) is 18.6 Å². The summed E-state index contributed by atoms with van der Waals surface area (Å²) in [5.41, 5.74) is 2.77. The fourth-order valence-corrected chi connectivity index (χ4v) is 4.45. The minimum atomic E-state index is -0.114. The molecule has 0 spiro atoms. The Hall–Kier alpha value is -2.45. The first-order valence-corrected chi connectivity index (χ1v) is 11.1. The number of rotatable bonds is 5. The first-order chi connectivity index (χ1) is 14.0. The second kappa shape index (κ2) is 8.12. The van der Waals surface area contributed by atoms with Gasteiger partial charge in [0.05, 0.1) is 16.6 Å². The lowest BCUT2D eigenvalue weighted by molar-refractivity contribution is 0.584. The van der Waals surface area contributed by atoms with Gasteiger partial charge in [-0.2, -0.15) is 0 Å². The molecule has 3 aromatic heterocycles. The Bertz CT molecular complexity index is 1350. The first kappa shape index (κ1) is 19.8. The van der Waals surface area contributed by atoms with E-state index in [1.54, 1.807) is 27.3 Å². The van der Waals surface area contributed by atoms with E-state index >= 15 is 0 Å². The van der Waals surface area contributed by atoms with Crippen LogP contribution in [0.3, 0.4) is 0 Å². The zero-order valence-electron chi connectivity index (χ0n) is 16.1. The molecule has 1 aromatic carbocycles. The molecular formula is C21H19BrN4O2S. The van der Waals surface area contributed by atoms with Gasteiger partial charge in [0.25, 0.3) is 11.1 Å². The van der Waals surface area contributed by atoms with Crippen molar-refractivity contribution in [2.75, 3.05) is 0 Å². The number of aromatic nitrogens is 4. The molecule has 148 valence electrons. The minimum absolute atomic E-state index is 0.0531. The van der Waals surface area contributed by atoms with E-state index < -0.39 is 0 Å². The maximum Gasteiger partial charge on any atom is 0.262 e. The second-order valence-electron chi connectivity index (χ2n) is 6.82. The Kier molecular flexibility index (Phi) is 5.56. The lowest BCUT2D eigenvalue weighted by atomic mass is 10.2. The van der Waals surface area contributed by atoms with Crippen molar-refractivity contribution in [3.05, 3.63) is 79.0 Å². The topological polar surface area (TPSA) is 69.3 Å². The van der Waals surface area contributed by atoms with E-state index in [4.69, 9.17) is 4.98 Å². The summed E-state index contributed by atoms with van der Waals surface area (Å²) in [7, 11) is 0. The van der Waals surface area contributed by atoms with Crippen LogP contribution in [-0.4, -0.2) is 18.9 Å². The molecule has 4 rings (SSSR count). The van der Waals surface area contributed by atoms with Crippen molar-refractivity contribution in [3.8, 4) is 0 Å². The maximum absolute atomic E-state index is 13.0. The van der Waals surface area contributed by atoms with Gasteiger partial charge in [-0.15, -0.1) is 0 Å². The summed E-state index contributed by atoms with van der Waals surface area (Å²) < 4.78 is 4.10. The summed E-state index contributed by atoms with van der Waals surface area (Å²) in [6, 6.07) is 10.8. The molecule has 8 heteroatoms. The van der Waals surface area contributed by atoms with Gasteiger partial charge >= 0.3 is 0 Å².